The molecule has 1 aromatic carbocycles. The molecule has 0 aliphatic heterocycles. The van der Waals surface area contributed by atoms with Crippen LogP contribution in [0.15, 0.2) is 29.8 Å². The highest BCUT2D eigenvalue weighted by Gasteiger charge is 2.16. The fraction of sp³-hybridized carbons (Fsp3) is 0.143. The van der Waals surface area contributed by atoms with Crippen molar-refractivity contribution in [1.29, 1.82) is 0 Å². The molecule has 0 aliphatic rings. The summed E-state index contributed by atoms with van der Waals surface area (Å²) in [5.74, 6) is -0.142. The van der Waals surface area contributed by atoms with Gasteiger partial charge in [0.2, 0.25) is 0 Å². The lowest BCUT2D eigenvalue weighted by Gasteiger charge is -2.01. The van der Waals surface area contributed by atoms with E-state index in [-0.39, 0.29) is 5.91 Å². The highest BCUT2D eigenvalue weighted by atomic mass is 32.1. The number of anilines is 1. The first kappa shape index (κ1) is 13.1. The summed E-state index contributed by atoms with van der Waals surface area (Å²) in [6.45, 7) is 2.46. The Hall–Kier alpha value is -1.92. The second-order valence-corrected chi connectivity index (χ2v) is 6.48. The molecule has 0 radical (unpaired) electrons. The van der Waals surface area contributed by atoms with E-state index in [4.69, 9.17) is 5.73 Å². The van der Waals surface area contributed by atoms with Gasteiger partial charge in [-0.1, -0.05) is 12.1 Å². The van der Waals surface area contributed by atoms with Crippen LogP contribution in [-0.2, 0) is 6.54 Å². The number of nitrogens with zero attached hydrogens (tertiary/aromatic N) is 1. The average Bonchev–Trinajstić information content (AvgIpc) is 3.04. The van der Waals surface area contributed by atoms with E-state index in [2.05, 4.69) is 10.3 Å². The molecule has 0 atom stereocenters. The molecule has 0 bridgehead atoms. The molecule has 102 valence electrons. The van der Waals surface area contributed by atoms with Crippen LogP contribution in [0, 0.1) is 6.92 Å². The first-order valence-electron chi connectivity index (χ1n) is 6.10. The van der Waals surface area contributed by atoms with Gasteiger partial charge in [-0.15, -0.1) is 22.7 Å². The molecule has 3 aromatic rings. The van der Waals surface area contributed by atoms with Crippen LogP contribution in [0.2, 0.25) is 0 Å². The molecule has 3 N–H and O–H groups in total. The number of benzene rings is 1. The van der Waals surface area contributed by atoms with E-state index in [1.807, 2.05) is 30.5 Å². The minimum Gasteiger partial charge on any atom is -0.397 e. The van der Waals surface area contributed by atoms with Crippen LogP contribution < -0.4 is 11.1 Å². The van der Waals surface area contributed by atoms with E-state index < -0.39 is 0 Å². The standard InChI is InChI=1S/C14H13N3OS2/c1-8-2-3-9-10(6-8)20-13(12(9)15)14(18)17-7-11-16-4-5-19-11/h2-6H,7,15H2,1H3,(H,17,18). The van der Waals surface area contributed by atoms with Crippen LogP contribution in [-0.4, -0.2) is 10.9 Å². The monoisotopic (exact) mass is 303 g/mol. The predicted molar refractivity (Wildman–Crippen MR) is 84.3 cm³/mol. The van der Waals surface area contributed by atoms with E-state index in [1.165, 1.54) is 22.7 Å². The number of thiophene rings is 1. The van der Waals surface area contributed by atoms with Crippen molar-refractivity contribution in [3.63, 3.8) is 0 Å². The minimum atomic E-state index is -0.142. The zero-order valence-electron chi connectivity index (χ0n) is 10.8. The van der Waals surface area contributed by atoms with Crippen molar-refractivity contribution < 1.29 is 4.79 Å². The summed E-state index contributed by atoms with van der Waals surface area (Å²) < 4.78 is 1.04. The van der Waals surface area contributed by atoms with Gasteiger partial charge in [-0.25, -0.2) is 4.98 Å². The van der Waals surface area contributed by atoms with Crippen molar-refractivity contribution >= 4 is 44.4 Å². The van der Waals surface area contributed by atoms with Crippen LogP contribution in [0.25, 0.3) is 10.1 Å². The van der Waals surface area contributed by atoms with E-state index >= 15 is 0 Å². The molecule has 0 saturated heterocycles. The number of rotatable bonds is 3. The number of hydrogen-bond donors (Lipinski definition) is 2. The van der Waals surface area contributed by atoms with E-state index in [1.54, 1.807) is 6.20 Å². The number of carbonyl (C=O) groups excluding carboxylic acids is 1. The molecular formula is C14H13N3OS2. The number of hydrogen-bond acceptors (Lipinski definition) is 5. The van der Waals surface area contributed by atoms with Gasteiger partial charge in [0.25, 0.3) is 5.91 Å². The van der Waals surface area contributed by atoms with Gasteiger partial charge in [0.15, 0.2) is 0 Å². The lowest BCUT2D eigenvalue weighted by atomic mass is 10.1. The molecule has 1 amide bonds. The van der Waals surface area contributed by atoms with Crippen molar-refractivity contribution in [2.24, 2.45) is 0 Å². The molecular weight excluding hydrogens is 290 g/mol. The van der Waals surface area contributed by atoms with Crippen LogP contribution in [0.3, 0.4) is 0 Å². The molecule has 0 unspecified atom stereocenters. The SMILES string of the molecule is Cc1ccc2c(N)c(C(=O)NCc3nccs3)sc2c1. The summed E-state index contributed by atoms with van der Waals surface area (Å²) in [6.07, 6.45) is 1.72. The quantitative estimate of drug-likeness (QED) is 0.781. The van der Waals surface area contributed by atoms with Gasteiger partial charge in [-0.2, -0.15) is 0 Å². The Bertz CT molecular complexity index is 762. The van der Waals surface area contributed by atoms with Gasteiger partial charge in [0.1, 0.15) is 9.88 Å². The van der Waals surface area contributed by atoms with Crippen molar-refractivity contribution in [3.05, 3.63) is 45.2 Å². The zero-order chi connectivity index (χ0) is 14.1. The van der Waals surface area contributed by atoms with Gasteiger partial charge in [-0.3, -0.25) is 4.79 Å². The Balaban J connectivity index is 1.85. The lowest BCUT2D eigenvalue weighted by molar-refractivity contribution is 0.0956. The fourth-order valence-electron chi connectivity index (χ4n) is 1.97. The number of carbonyl (C=O) groups is 1. The van der Waals surface area contributed by atoms with Crippen molar-refractivity contribution in [2.45, 2.75) is 13.5 Å². The molecule has 2 aromatic heterocycles. The maximum absolute atomic E-state index is 12.2. The number of nitrogen functional groups attached to an aromatic ring is 1. The number of thiazole rings is 1. The summed E-state index contributed by atoms with van der Waals surface area (Å²) in [5, 5.41) is 6.57. The molecule has 2 heterocycles. The van der Waals surface area contributed by atoms with Crippen molar-refractivity contribution in [3.8, 4) is 0 Å². The Morgan fingerprint density at radius 2 is 2.30 bits per heavy atom. The molecule has 0 spiro atoms. The largest absolute Gasteiger partial charge is 0.397 e. The zero-order valence-corrected chi connectivity index (χ0v) is 12.5. The van der Waals surface area contributed by atoms with Crippen molar-refractivity contribution in [1.82, 2.24) is 10.3 Å². The number of aryl methyl sites for hydroxylation is 1. The topological polar surface area (TPSA) is 68.0 Å². The molecule has 0 fully saturated rings. The second kappa shape index (κ2) is 5.22. The number of aromatic nitrogens is 1. The van der Waals surface area contributed by atoms with Gasteiger partial charge in [0, 0.05) is 21.7 Å². The highest BCUT2D eigenvalue weighted by molar-refractivity contribution is 7.21. The highest BCUT2D eigenvalue weighted by Crippen LogP contribution is 2.34. The summed E-state index contributed by atoms with van der Waals surface area (Å²) >= 11 is 2.95. The van der Waals surface area contributed by atoms with Crippen LogP contribution in [0.4, 0.5) is 5.69 Å². The maximum Gasteiger partial charge on any atom is 0.263 e. The summed E-state index contributed by atoms with van der Waals surface area (Å²) in [4.78, 5) is 16.9. The smallest absolute Gasteiger partial charge is 0.263 e. The number of fused-ring (bicyclic) bond motifs is 1. The first-order chi connectivity index (χ1) is 9.65. The molecule has 3 rings (SSSR count). The third-order valence-electron chi connectivity index (χ3n) is 2.97. The predicted octanol–water partition coefficient (Wildman–Crippen LogP) is 3.18. The van der Waals surface area contributed by atoms with E-state index in [9.17, 15) is 4.79 Å². The Morgan fingerprint density at radius 3 is 3.05 bits per heavy atom. The van der Waals surface area contributed by atoms with Crippen LogP contribution >= 0.6 is 22.7 Å². The lowest BCUT2D eigenvalue weighted by Crippen LogP contribution is -2.22. The Kier molecular flexibility index (Phi) is 3.42. The molecule has 6 heteroatoms. The third-order valence-corrected chi connectivity index (χ3v) is 4.92. The Morgan fingerprint density at radius 1 is 1.45 bits per heavy atom. The fourth-order valence-corrected chi connectivity index (χ4v) is 3.66. The van der Waals surface area contributed by atoms with Gasteiger partial charge >= 0.3 is 0 Å². The van der Waals surface area contributed by atoms with Crippen LogP contribution in [0.5, 0.6) is 0 Å². The van der Waals surface area contributed by atoms with E-state index in [0.717, 1.165) is 20.7 Å². The maximum atomic E-state index is 12.2. The van der Waals surface area contributed by atoms with Crippen molar-refractivity contribution in [2.75, 3.05) is 5.73 Å². The van der Waals surface area contributed by atoms with Gasteiger partial charge in [-0.05, 0) is 18.6 Å². The van der Waals surface area contributed by atoms with Gasteiger partial charge < -0.3 is 11.1 Å². The van der Waals surface area contributed by atoms with Gasteiger partial charge in [0.05, 0.1) is 12.2 Å². The Labute approximate surface area is 124 Å². The minimum absolute atomic E-state index is 0.142. The molecule has 4 nitrogen and oxygen atoms in total. The molecule has 20 heavy (non-hydrogen) atoms. The third kappa shape index (κ3) is 2.39. The molecule has 0 saturated carbocycles. The van der Waals surface area contributed by atoms with E-state index in [0.29, 0.717) is 17.1 Å². The summed E-state index contributed by atoms with van der Waals surface area (Å²) in [7, 11) is 0. The first-order valence-corrected chi connectivity index (χ1v) is 7.80. The number of nitrogens with one attached hydrogen (secondary N) is 1. The number of amides is 1. The summed E-state index contributed by atoms with van der Waals surface area (Å²) in [5.41, 5.74) is 7.79. The number of nitrogens with two attached hydrogens (primary N) is 1. The summed E-state index contributed by atoms with van der Waals surface area (Å²) in [6, 6.07) is 6.02. The average molecular weight is 303 g/mol. The van der Waals surface area contributed by atoms with Crippen LogP contribution in [0.1, 0.15) is 20.2 Å². The molecule has 0 aliphatic carbocycles. The second-order valence-electron chi connectivity index (χ2n) is 4.45. The normalized spacial score (nSPS) is 10.8.